The molecule has 2 aliphatic carbocycles. The maximum Gasteiger partial charge on any atom is 0.229 e. The smallest absolute Gasteiger partial charge is 0.229 e. The number of rotatable bonds is 4. The van der Waals surface area contributed by atoms with Crippen molar-refractivity contribution in [2.45, 2.75) is 56.5 Å². The second kappa shape index (κ2) is 8.27. The fourth-order valence-electron chi connectivity index (χ4n) is 5.08. The molecule has 1 aromatic carbocycles. The summed E-state index contributed by atoms with van der Waals surface area (Å²) in [4.78, 5) is 16.6. The lowest BCUT2D eigenvalue weighted by molar-refractivity contribution is 0.0201. The van der Waals surface area contributed by atoms with Crippen molar-refractivity contribution < 1.29 is 4.74 Å². The highest BCUT2D eigenvalue weighted by Gasteiger charge is 2.48. The minimum atomic E-state index is 0.0201. The molecule has 1 aliphatic heterocycles. The van der Waals surface area contributed by atoms with Crippen molar-refractivity contribution >= 4 is 44.4 Å². The molecule has 1 spiro atoms. The summed E-state index contributed by atoms with van der Waals surface area (Å²) < 4.78 is 6.90. The highest BCUT2D eigenvalue weighted by molar-refractivity contribution is 9.10. The molecule has 1 saturated heterocycles. The first-order valence-electron chi connectivity index (χ1n) is 11.8. The maximum absolute atomic E-state index is 5.98. The van der Waals surface area contributed by atoms with E-state index in [1.165, 1.54) is 37.7 Å². The zero-order valence-corrected chi connectivity index (χ0v) is 19.8. The molecule has 2 saturated carbocycles. The molecule has 3 aliphatic rings. The number of nitrogens with zero attached hydrogens (tertiary/aromatic N) is 4. The van der Waals surface area contributed by atoms with Crippen LogP contribution in [0, 0.1) is 0 Å². The average molecular weight is 494 g/mol. The Kier molecular flexibility index (Phi) is 5.26. The fraction of sp³-hybridized carbons (Fsp3) is 0.480. The van der Waals surface area contributed by atoms with Crippen LogP contribution in [0.25, 0.3) is 11.0 Å². The van der Waals surface area contributed by atoms with E-state index in [0.717, 1.165) is 59.9 Å². The van der Waals surface area contributed by atoms with E-state index in [-0.39, 0.29) is 5.60 Å². The van der Waals surface area contributed by atoms with Gasteiger partial charge in [0.2, 0.25) is 5.95 Å². The van der Waals surface area contributed by atoms with Gasteiger partial charge < -0.3 is 15.0 Å². The standard InChI is InChI=1S/C25H28BrN5O/c26-19-14-21-22(27-15-19)29-24(31-12-13-32-25(16-31)10-11-25)30-23(21)28-20-8-6-18(7-9-20)17-4-2-1-3-5-17/h6-9,14-15,17H,1-5,10-13,16H2,(H,27,28,29,30). The third-order valence-corrected chi connectivity index (χ3v) is 7.53. The molecule has 3 fully saturated rings. The Labute approximate surface area is 196 Å². The predicted octanol–water partition coefficient (Wildman–Crippen LogP) is 5.95. The van der Waals surface area contributed by atoms with Crippen LogP contribution < -0.4 is 10.2 Å². The van der Waals surface area contributed by atoms with E-state index in [1.807, 2.05) is 6.07 Å². The van der Waals surface area contributed by atoms with Crippen molar-refractivity contribution in [1.29, 1.82) is 0 Å². The first-order chi connectivity index (χ1) is 15.7. The van der Waals surface area contributed by atoms with Crippen LogP contribution in [-0.4, -0.2) is 40.2 Å². The number of ether oxygens (including phenoxy) is 1. The molecule has 6 rings (SSSR count). The fourth-order valence-corrected chi connectivity index (χ4v) is 5.41. The van der Waals surface area contributed by atoms with Crippen LogP contribution >= 0.6 is 15.9 Å². The summed E-state index contributed by atoms with van der Waals surface area (Å²) in [6.45, 7) is 2.38. The van der Waals surface area contributed by atoms with Crippen LogP contribution in [0.3, 0.4) is 0 Å². The molecule has 6 nitrogen and oxygen atoms in total. The first kappa shape index (κ1) is 20.4. The highest BCUT2D eigenvalue weighted by atomic mass is 79.9. The number of pyridine rings is 1. The van der Waals surface area contributed by atoms with Gasteiger partial charge in [-0.2, -0.15) is 9.97 Å². The number of halogens is 1. The lowest BCUT2D eigenvalue weighted by atomic mass is 9.84. The second-order valence-corrected chi connectivity index (χ2v) is 10.3. The summed E-state index contributed by atoms with van der Waals surface area (Å²) in [5, 5.41) is 4.46. The van der Waals surface area contributed by atoms with Crippen molar-refractivity contribution in [2.75, 3.05) is 29.9 Å². The molecule has 32 heavy (non-hydrogen) atoms. The average Bonchev–Trinajstić information content (AvgIpc) is 3.58. The number of hydrogen-bond donors (Lipinski definition) is 1. The van der Waals surface area contributed by atoms with E-state index >= 15 is 0 Å². The number of aromatic nitrogens is 3. The number of fused-ring (bicyclic) bond motifs is 1. The SMILES string of the molecule is Brc1cnc2nc(N3CCOC4(CC4)C3)nc(Nc3ccc(C4CCCCC4)cc3)c2c1. The summed E-state index contributed by atoms with van der Waals surface area (Å²) in [5.74, 6) is 2.23. The quantitative estimate of drug-likeness (QED) is 0.484. The Morgan fingerprint density at radius 1 is 1.06 bits per heavy atom. The normalized spacial score (nSPS) is 20.6. The topological polar surface area (TPSA) is 63.2 Å². The zero-order chi connectivity index (χ0) is 21.5. The number of benzene rings is 1. The third-order valence-electron chi connectivity index (χ3n) is 7.10. The lowest BCUT2D eigenvalue weighted by Gasteiger charge is -2.33. The molecule has 3 heterocycles. The summed E-state index contributed by atoms with van der Waals surface area (Å²) in [5.41, 5.74) is 3.22. The van der Waals surface area contributed by atoms with E-state index < -0.39 is 0 Å². The summed E-state index contributed by atoms with van der Waals surface area (Å²) >= 11 is 3.55. The molecule has 1 N–H and O–H groups in total. The van der Waals surface area contributed by atoms with Gasteiger partial charge in [-0.25, -0.2) is 4.98 Å². The van der Waals surface area contributed by atoms with Crippen molar-refractivity contribution in [3.05, 3.63) is 46.6 Å². The van der Waals surface area contributed by atoms with Gasteiger partial charge in [0.25, 0.3) is 0 Å². The molecular weight excluding hydrogens is 466 g/mol. The Morgan fingerprint density at radius 2 is 1.88 bits per heavy atom. The van der Waals surface area contributed by atoms with E-state index in [9.17, 15) is 0 Å². The molecule has 166 valence electrons. The van der Waals surface area contributed by atoms with Gasteiger partial charge in [0.1, 0.15) is 5.82 Å². The van der Waals surface area contributed by atoms with Gasteiger partial charge in [0.15, 0.2) is 5.65 Å². The summed E-state index contributed by atoms with van der Waals surface area (Å²) in [6.07, 6.45) is 10.8. The Hall–Kier alpha value is -2.25. The molecule has 0 bridgehead atoms. The van der Waals surface area contributed by atoms with Gasteiger partial charge >= 0.3 is 0 Å². The number of morpholine rings is 1. The van der Waals surface area contributed by atoms with Crippen LogP contribution in [0.4, 0.5) is 17.5 Å². The Bertz CT molecular complexity index is 1130. The monoisotopic (exact) mass is 493 g/mol. The highest BCUT2D eigenvalue weighted by Crippen LogP contribution is 2.43. The molecule has 3 aromatic rings. The minimum Gasteiger partial charge on any atom is -0.371 e. The molecule has 0 amide bonds. The van der Waals surface area contributed by atoms with Crippen LogP contribution in [0.2, 0.25) is 0 Å². The van der Waals surface area contributed by atoms with E-state index in [4.69, 9.17) is 14.7 Å². The van der Waals surface area contributed by atoms with Crippen LogP contribution in [-0.2, 0) is 4.74 Å². The van der Waals surface area contributed by atoms with Crippen molar-refractivity contribution in [3.63, 3.8) is 0 Å². The maximum atomic E-state index is 5.98. The molecule has 0 radical (unpaired) electrons. The summed E-state index contributed by atoms with van der Waals surface area (Å²) in [7, 11) is 0. The molecule has 0 atom stereocenters. The Balaban J connectivity index is 1.31. The van der Waals surface area contributed by atoms with Gasteiger partial charge in [0.05, 0.1) is 17.6 Å². The third kappa shape index (κ3) is 4.08. The van der Waals surface area contributed by atoms with Crippen molar-refractivity contribution in [3.8, 4) is 0 Å². The first-order valence-corrected chi connectivity index (χ1v) is 12.6. The lowest BCUT2D eigenvalue weighted by Crippen LogP contribution is -2.44. The number of nitrogens with one attached hydrogen (secondary N) is 1. The minimum absolute atomic E-state index is 0.0201. The molecule has 2 aromatic heterocycles. The molecule has 0 unspecified atom stereocenters. The second-order valence-electron chi connectivity index (χ2n) is 9.43. The van der Waals surface area contributed by atoms with Crippen LogP contribution in [0.15, 0.2) is 41.0 Å². The van der Waals surface area contributed by atoms with Gasteiger partial charge in [-0.3, -0.25) is 0 Å². The zero-order valence-electron chi connectivity index (χ0n) is 18.2. The van der Waals surface area contributed by atoms with Gasteiger partial charge in [-0.15, -0.1) is 0 Å². The van der Waals surface area contributed by atoms with Gasteiger partial charge in [-0.1, -0.05) is 31.4 Å². The van der Waals surface area contributed by atoms with Gasteiger partial charge in [-0.05, 0) is 71.3 Å². The van der Waals surface area contributed by atoms with Crippen molar-refractivity contribution in [2.24, 2.45) is 0 Å². The number of hydrogen-bond acceptors (Lipinski definition) is 6. The van der Waals surface area contributed by atoms with Crippen LogP contribution in [0.1, 0.15) is 56.4 Å². The molecular formula is C25H28BrN5O. The summed E-state index contributed by atoms with van der Waals surface area (Å²) in [6, 6.07) is 10.9. The van der Waals surface area contributed by atoms with E-state index in [0.29, 0.717) is 11.6 Å². The van der Waals surface area contributed by atoms with Gasteiger partial charge in [0, 0.05) is 29.4 Å². The van der Waals surface area contributed by atoms with Crippen molar-refractivity contribution in [1.82, 2.24) is 15.0 Å². The Morgan fingerprint density at radius 3 is 2.66 bits per heavy atom. The van der Waals surface area contributed by atoms with E-state index in [2.05, 4.69) is 55.4 Å². The molecule has 7 heteroatoms. The van der Waals surface area contributed by atoms with Crippen LogP contribution in [0.5, 0.6) is 0 Å². The largest absolute Gasteiger partial charge is 0.371 e. The predicted molar refractivity (Wildman–Crippen MR) is 131 cm³/mol. The number of anilines is 3. The van der Waals surface area contributed by atoms with E-state index in [1.54, 1.807) is 6.20 Å².